The third-order valence-electron chi connectivity index (χ3n) is 4.60. The van der Waals surface area contributed by atoms with Crippen molar-refractivity contribution in [3.05, 3.63) is 48.0 Å². The smallest absolute Gasteiger partial charge is 0.325 e. The van der Waals surface area contributed by atoms with Gasteiger partial charge in [0.15, 0.2) is 0 Å². The molecule has 0 aliphatic carbocycles. The van der Waals surface area contributed by atoms with Crippen LogP contribution < -0.4 is 0 Å². The van der Waals surface area contributed by atoms with Gasteiger partial charge < -0.3 is 5.11 Å². The van der Waals surface area contributed by atoms with E-state index in [0.717, 1.165) is 22.0 Å². The van der Waals surface area contributed by atoms with Crippen LogP contribution in [0.15, 0.2) is 36.5 Å². The molecule has 0 bridgehead atoms. The number of nitrogens with zero attached hydrogens (tertiary/aromatic N) is 4. The fraction of sp³-hybridized carbons (Fsp3) is 0.211. The molecule has 0 unspecified atom stereocenters. The van der Waals surface area contributed by atoms with Crippen LogP contribution in [0.5, 0.6) is 0 Å². The third kappa shape index (κ3) is 2.44. The number of hydrogen-bond donors (Lipinski definition) is 1. The van der Waals surface area contributed by atoms with E-state index < -0.39 is 5.97 Å². The lowest BCUT2D eigenvalue weighted by Crippen LogP contribution is -2.10. The zero-order chi connectivity index (χ0) is 18.4. The van der Waals surface area contributed by atoms with E-state index in [0.29, 0.717) is 23.1 Å². The second kappa shape index (κ2) is 5.94. The van der Waals surface area contributed by atoms with E-state index in [1.165, 1.54) is 10.7 Å². The van der Waals surface area contributed by atoms with Crippen LogP contribution in [-0.4, -0.2) is 30.6 Å². The van der Waals surface area contributed by atoms with Gasteiger partial charge in [0, 0.05) is 23.4 Å². The molecule has 26 heavy (non-hydrogen) atoms. The Morgan fingerprint density at radius 2 is 2.04 bits per heavy atom. The molecule has 2 heterocycles. The van der Waals surface area contributed by atoms with Gasteiger partial charge in [0.05, 0.1) is 22.9 Å². The molecule has 132 valence electrons. The normalized spacial score (nSPS) is 11.5. The Balaban J connectivity index is 2.03. The Morgan fingerprint density at radius 3 is 2.77 bits per heavy atom. The second-order valence-corrected chi connectivity index (χ2v) is 6.21. The molecule has 0 amide bonds. The van der Waals surface area contributed by atoms with Gasteiger partial charge in [-0.1, -0.05) is 19.1 Å². The van der Waals surface area contributed by atoms with Gasteiger partial charge in [0.25, 0.3) is 0 Å². The number of rotatable bonds is 4. The van der Waals surface area contributed by atoms with Crippen LogP contribution in [0.25, 0.3) is 32.9 Å². The SMILES string of the molecule is CCc1nn(CC(=O)O)c2cccc(-c3cc4c(cnn4C)cc3F)c12. The minimum absolute atomic E-state index is 0.233. The Morgan fingerprint density at radius 1 is 1.23 bits per heavy atom. The summed E-state index contributed by atoms with van der Waals surface area (Å²) in [6, 6.07) is 8.71. The summed E-state index contributed by atoms with van der Waals surface area (Å²) in [5.41, 5.74) is 3.43. The molecule has 0 aliphatic heterocycles. The van der Waals surface area contributed by atoms with Crippen molar-refractivity contribution < 1.29 is 14.3 Å². The summed E-state index contributed by atoms with van der Waals surface area (Å²) < 4.78 is 18.0. The summed E-state index contributed by atoms with van der Waals surface area (Å²) in [5.74, 6) is -1.31. The van der Waals surface area contributed by atoms with Crippen molar-refractivity contribution in [1.82, 2.24) is 19.6 Å². The monoisotopic (exact) mass is 352 g/mol. The fourth-order valence-electron chi connectivity index (χ4n) is 3.41. The van der Waals surface area contributed by atoms with Crippen molar-refractivity contribution in [1.29, 1.82) is 0 Å². The average Bonchev–Trinajstić information content (AvgIpc) is 3.14. The van der Waals surface area contributed by atoms with Crippen LogP contribution in [0.4, 0.5) is 4.39 Å². The third-order valence-corrected chi connectivity index (χ3v) is 4.60. The van der Waals surface area contributed by atoms with E-state index in [1.807, 2.05) is 26.1 Å². The van der Waals surface area contributed by atoms with Crippen LogP contribution in [0, 0.1) is 5.82 Å². The van der Waals surface area contributed by atoms with Crippen molar-refractivity contribution >= 4 is 27.8 Å². The molecule has 4 aromatic rings. The van der Waals surface area contributed by atoms with Gasteiger partial charge in [0.2, 0.25) is 0 Å². The van der Waals surface area contributed by atoms with Crippen molar-refractivity contribution in [3.8, 4) is 11.1 Å². The number of carbonyl (C=O) groups is 1. The molecule has 7 heteroatoms. The first-order chi connectivity index (χ1) is 12.5. The highest BCUT2D eigenvalue weighted by Gasteiger charge is 2.18. The van der Waals surface area contributed by atoms with Crippen molar-refractivity contribution in [2.75, 3.05) is 0 Å². The average molecular weight is 352 g/mol. The molecule has 2 aromatic heterocycles. The lowest BCUT2D eigenvalue weighted by Gasteiger charge is -2.08. The predicted octanol–water partition coefficient (Wildman–Crippen LogP) is 3.38. The Bertz CT molecular complexity index is 1160. The number of aromatic nitrogens is 4. The molecule has 6 nitrogen and oxygen atoms in total. The van der Waals surface area contributed by atoms with Crippen LogP contribution in [0.2, 0.25) is 0 Å². The van der Waals surface area contributed by atoms with Gasteiger partial charge in [-0.3, -0.25) is 14.2 Å². The molecular formula is C19H17FN4O2. The number of aryl methyl sites for hydroxylation is 2. The molecule has 0 aliphatic rings. The summed E-state index contributed by atoms with van der Waals surface area (Å²) >= 11 is 0. The maximum Gasteiger partial charge on any atom is 0.325 e. The maximum atomic E-state index is 14.8. The van der Waals surface area contributed by atoms with Gasteiger partial charge in [-0.25, -0.2) is 4.39 Å². The van der Waals surface area contributed by atoms with E-state index in [1.54, 1.807) is 23.0 Å². The molecule has 4 rings (SSSR count). The first kappa shape index (κ1) is 16.3. The fourth-order valence-corrected chi connectivity index (χ4v) is 3.41. The van der Waals surface area contributed by atoms with Crippen LogP contribution in [-0.2, 0) is 24.8 Å². The molecule has 0 spiro atoms. The standard InChI is InChI=1S/C19H17FN4O2/c1-3-15-19-12(5-4-6-16(19)24(22-15)10-18(25)26)13-8-17-11(7-14(13)20)9-21-23(17)2/h4-9H,3,10H2,1-2H3,(H,25,26). The van der Waals surface area contributed by atoms with E-state index in [9.17, 15) is 9.18 Å². The number of benzene rings is 2. The zero-order valence-electron chi connectivity index (χ0n) is 14.4. The lowest BCUT2D eigenvalue weighted by atomic mass is 9.98. The molecule has 0 fully saturated rings. The molecule has 0 atom stereocenters. The Labute approximate surface area is 148 Å². The molecule has 0 radical (unpaired) electrons. The topological polar surface area (TPSA) is 72.9 Å². The summed E-state index contributed by atoms with van der Waals surface area (Å²) in [5, 5.41) is 19.3. The largest absolute Gasteiger partial charge is 0.480 e. The maximum absolute atomic E-state index is 14.8. The highest BCUT2D eigenvalue weighted by Crippen LogP contribution is 2.35. The molecule has 0 saturated heterocycles. The van der Waals surface area contributed by atoms with Crippen molar-refractivity contribution in [2.24, 2.45) is 7.05 Å². The number of hydrogen-bond acceptors (Lipinski definition) is 3. The first-order valence-corrected chi connectivity index (χ1v) is 8.31. The van der Waals surface area contributed by atoms with E-state index in [-0.39, 0.29) is 12.4 Å². The highest BCUT2D eigenvalue weighted by atomic mass is 19.1. The summed E-state index contributed by atoms with van der Waals surface area (Å²) in [4.78, 5) is 11.1. The summed E-state index contributed by atoms with van der Waals surface area (Å²) in [6.45, 7) is 1.72. The lowest BCUT2D eigenvalue weighted by molar-refractivity contribution is -0.137. The highest BCUT2D eigenvalue weighted by molar-refractivity contribution is 5.99. The van der Waals surface area contributed by atoms with Gasteiger partial charge >= 0.3 is 5.97 Å². The van der Waals surface area contributed by atoms with Crippen LogP contribution in [0.1, 0.15) is 12.6 Å². The molecular weight excluding hydrogens is 335 g/mol. The van der Waals surface area contributed by atoms with Crippen LogP contribution in [0.3, 0.4) is 0 Å². The predicted molar refractivity (Wildman–Crippen MR) is 96.4 cm³/mol. The molecule has 1 N–H and O–H groups in total. The zero-order valence-corrected chi connectivity index (χ0v) is 14.4. The first-order valence-electron chi connectivity index (χ1n) is 8.31. The van der Waals surface area contributed by atoms with E-state index in [4.69, 9.17) is 5.11 Å². The number of aliphatic carboxylic acids is 1. The van der Waals surface area contributed by atoms with Crippen LogP contribution >= 0.6 is 0 Å². The molecule has 2 aromatic carbocycles. The number of carboxylic acids is 1. The quantitative estimate of drug-likeness (QED) is 0.611. The van der Waals surface area contributed by atoms with Gasteiger partial charge in [-0.05, 0) is 30.2 Å². The Kier molecular flexibility index (Phi) is 3.72. The van der Waals surface area contributed by atoms with Gasteiger partial charge in [-0.15, -0.1) is 0 Å². The minimum atomic E-state index is -0.968. The van der Waals surface area contributed by atoms with E-state index in [2.05, 4.69) is 10.2 Å². The molecule has 0 saturated carbocycles. The minimum Gasteiger partial charge on any atom is -0.480 e. The van der Waals surface area contributed by atoms with Crippen molar-refractivity contribution in [2.45, 2.75) is 19.9 Å². The van der Waals surface area contributed by atoms with Gasteiger partial charge in [-0.2, -0.15) is 10.2 Å². The van der Waals surface area contributed by atoms with E-state index >= 15 is 0 Å². The summed E-state index contributed by atoms with van der Waals surface area (Å²) in [6.07, 6.45) is 2.25. The number of fused-ring (bicyclic) bond motifs is 2. The second-order valence-electron chi connectivity index (χ2n) is 6.21. The Hall–Kier alpha value is -3.22. The summed E-state index contributed by atoms with van der Waals surface area (Å²) in [7, 11) is 1.81. The number of halogens is 1. The van der Waals surface area contributed by atoms with Gasteiger partial charge in [0.1, 0.15) is 12.4 Å². The number of carboxylic acid groups (broad SMARTS) is 1. The van der Waals surface area contributed by atoms with Crippen molar-refractivity contribution in [3.63, 3.8) is 0 Å².